The normalized spacial score (nSPS) is 10.6. The molecule has 0 unspecified atom stereocenters. The molecule has 1 N–H and O–H groups in total. The molecule has 24 heavy (non-hydrogen) atoms. The van der Waals surface area contributed by atoms with Crippen LogP contribution in [0.2, 0.25) is 0 Å². The van der Waals surface area contributed by atoms with E-state index in [1.807, 2.05) is 35.9 Å². The second-order valence-electron chi connectivity index (χ2n) is 5.07. The van der Waals surface area contributed by atoms with E-state index in [0.717, 1.165) is 23.0 Å². The number of nitrogens with zero attached hydrogens (tertiary/aromatic N) is 5. The summed E-state index contributed by atoms with van der Waals surface area (Å²) in [4.78, 5) is 8.17. The molecule has 0 spiro atoms. The van der Waals surface area contributed by atoms with Gasteiger partial charge in [0.25, 0.3) is 0 Å². The Labute approximate surface area is 139 Å². The van der Waals surface area contributed by atoms with Crippen molar-refractivity contribution in [3.63, 3.8) is 0 Å². The molecule has 124 valence electrons. The van der Waals surface area contributed by atoms with E-state index in [0.29, 0.717) is 19.2 Å². The van der Waals surface area contributed by atoms with Gasteiger partial charge in [0.15, 0.2) is 5.82 Å². The molecule has 0 bridgehead atoms. The van der Waals surface area contributed by atoms with E-state index < -0.39 is 0 Å². The predicted octanol–water partition coefficient (Wildman–Crippen LogP) is 2.07. The first-order valence-corrected chi connectivity index (χ1v) is 7.38. The summed E-state index contributed by atoms with van der Waals surface area (Å²) in [6, 6.07) is 7.59. The molecule has 1 aromatic carbocycles. The fourth-order valence-corrected chi connectivity index (χ4v) is 2.05. The molecular formula is C16H18N6O2. The van der Waals surface area contributed by atoms with Crippen LogP contribution in [0, 0.1) is 0 Å². The molecule has 0 saturated heterocycles. The number of ether oxygens (including phenoxy) is 2. The summed E-state index contributed by atoms with van der Waals surface area (Å²) in [6.07, 6.45) is 4.96. The van der Waals surface area contributed by atoms with Gasteiger partial charge in [-0.3, -0.25) is 14.5 Å². The predicted molar refractivity (Wildman–Crippen MR) is 87.8 cm³/mol. The Hall–Kier alpha value is -3.00. The standard InChI is InChI=1S/C16H18N6O2/c1-22-15(11-23-2)20-21-16(22)19-12-3-5-14(6-4-12)24-10-13-9-17-7-8-18-13/h3-9H,10-11H2,1-2H3,(H,19,21). The van der Waals surface area contributed by atoms with E-state index in [2.05, 4.69) is 25.5 Å². The zero-order valence-corrected chi connectivity index (χ0v) is 13.5. The van der Waals surface area contributed by atoms with E-state index in [1.165, 1.54) is 0 Å². The summed E-state index contributed by atoms with van der Waals surface area (Å²) in [5.74, 6) is 2.16. The van der Waals surface area contributed by atoms with Gasteiger partial charge in [0, 0.05) is 32.2 Å². The van der Waals surface area contributed by atoms with Crippen molar-refractivity contribution >= 4 is 11.6 Å². The molecule has 0 fully saturated rings. The number of hydrogen-bond acceptors (Lipinski definition) is 7. The number of benzene rings is 1. The van der Waals surface area contributed by atoms with E-state index in [4.69, 9.17) is 9.47 Å². The average Bonchev–Trinajstić information content (AvgIpc) is 2.96. The van der Waals surface area contributed by atoms with Gasteiger partial charge < -0.3 is 14.8 Å². The molecule has 2 heterocycles. The second kappa shape index (κ2) is 7.51. The van der Waals surface area contributed by atoms with Gasteiger partial charge in [-0.05, 0) is 24.3 Å². The van der Waals surface area contributed by atoms with Crippen molar-refractivity contribution in [3.8, 4) is 5.75 Å². The third-order valence-corrected chi connectivity index (χ3v) is 3.35. The van der Waals surface area contributed by atoms with Crippen LogP contribution in [0.3, 0.4) is 0 Å². The first-order chi connectivity index (χ1) is 11.8. The van der Waals surface area contributed by atoms with Gasteiger partial charge >= 0.3 is 0 Å². The number of rotatable bonds is 7. The second-order valence-corrected chi connectivity index (χ2v) is 5.07. The molecular weight excluding hydrogens is 308 g/mol. The van der Waals surface area contributed by atoms with Crippen LogP contribution >= 0.6 is 0 Å². The molecule has 0 radical (unpaired) electrons. The van der Waals surface area contributed by atoms with E-state index >= 15 is 0 Å². The van der Waals surface area contributed by atoms with Crippen LogP contribution in [0.25, 0.3) is 0 Å². The van der Waals surface area contributed by atoms with Gasteiger partial charge in [-0.1, -0.05) is 0 Å². The lowest BCUT2D eigenvalue weighted by Crippen LogP contribution is -2.03. The molecule has 0 aliphatic heterocycles. The van der Waals surface area contributed by atoms with Crippen LogP contribution in [0.4, 0.5) is 11.6 Å². The Kier molecular flexibility index (Phi) is 4.97. The van der Waals surface area contributed by atoms with E-state index in [-0.39, 0.29) is 0 Å². The zero-order valence-electron chi connectivity index (χ0n) is 13.5. The fraction of sp³-hybridized carbons (Fsp3) is 0.250. The average molecular weight is 326 g/mol. The molecule has 3 aromatic rings. The van der Waals surface area contributed by atoms with Crippen LogP contribution in [-0.4, -0.2) is 31.8 Å². The lowest BCUT2D eigenvalue weighted by Gasteiger charge is -2.08. The van der Waals surface area contributed by atoms with Crippen molar-refractivity contribution in [1.82, 2.24) is 24.7 Å². The quantitative estimate of drug-likeness (QED) is 0.711. The van der Waals surface area contributed by atoms with Crippen LogP contribution in [-0.2, 0) is 25.0 Å². The first kappa shape index (κ1) is 15.9. The summed E-state index contributed by atoms with van der Waals surface area (Å²) in [5.41, 5.74) is 1.67. The summed E-state index contributed by atoms with van der Waals surface area (Å²) in [7, 11) is 3.51. The molecule has 8 nitrogen and oxygen atoms in total. The van der Waals surface area contributed by atoms with Crippen LogP contribution in [0.1, 0.15) is 11.5 Å². The Bertz CT molecular complexity index is 773. The van der Waals surface area contributed by atoms with Crippen molar-refractivity contribution in [2.24, 2.45) is 7.05 Å². The number of methoxy groups -OCH3 is 1. The van der Waals surface area contributed by atoms with Gasteiger partial charge in [0.1, 0.15) is 19.0 Å². The lowest BCUT2D eigenvalue weighted by molar-refractivity contribution is 0.175. The summed E-state index contributed by atoms with van der Waals surface area (Å²) >= 11 is 0. The largest absolute Gasteiger partial charge is 0.487 e. The summed E-state index contributed by atoms with van der Waals surface area (Å²) < 4.78 is 12.6. The monoisotopic (exact) mass is 326 g/mol. The third-order valence-electron chi connectivity index (χ3n) is 3.35. The van der Waals surface area contributed by atoms with Crippen LogP contribution in [0.5, 0.6) is 5.75 Å². The molecule has 0 aliphatic rings. The Balaban J connectivity index is 1.60. The fourth-order valence-electron chi connectivity index (χ4n) is 2.05. The smallest absolute Gasteiger partial charge is 0.228 e. The van der Waals surface area contributed by atoms with Crippen molar-refractivity contribution in [3.05, 3.63) is 54.4 Å². The van der Waals surface area contributed by atoms with Crippen molar-refractivity contribution < 1.29 is 9.47 Å². The van der Waals surface area contributed by atoms with Crippen molar-refractivity contribution in [2.45, 2.75) is 13.2 Å². The Morgan fingerprint density at radius 2 is 1.92 bits per heavy atom. The Morgan fingerprint density at radius 3 is 2.62 bits per heavy atom. The first-order valence-electron chi connectivity index (χ1n) is 7.38. The highest BCUT2D eigenvalue weighted by Crippen LogP contribution is 2.20. The number of nitrogens with one attached hydrogen (secondary N) is 1. The van der Waals surface area contributed by atoms with E-state index in [1.54, 1.807) is 25.7 Å². The molecule has 0 aliphatic carbocycles. The molecule has 0 amide bonds. The highest BCUT2D eigenvalue weighted by Gasteiger charge is 2.08. The van der Waals surface area contributed by atoms with Crippen molar-refractivity contribution in [2.75, 3.05) is 12.4 Å². The summed E-state index contributed by atoms with van der Waals surface area (Å²) in [5, 5.41) is 11.4. The highest BCUT2D eigenvalue weighted by atomic mass is 16.5. The lowest BCUT2D eigenvalue weighted by atomic mass is 10.3. The Morgan fingerprint density at radius 1 is 1.08 bits per heavy atom. The third kappa shape index (κ3) is 3.85. The zero-order chi connectivity index (χ0) is 16.8. The molecule has 2 aromatic heterocycles. The molecule has 0 atom stereocenters. The number of hydrogen-bond donors (Lipinski definition) is 1. The maximum Gasteiger partial charge on any atom is 0.228 e. The maximum atomic E-state index is 5.68. The highest BCUT2D eigenvalue weighted by molar-refractivity contribution is 5.54. The minimum absolute atomic E-state index is 0.379. The minimum Gasteiger partial charge on any atom is -0.487 e. The van der Waals surface area contributed by atoms with Gasteiger partial charge in [-0.2, -0.15) is 0 Å². The van der Waals surface area contributed by atoms with Gasteiger partial charge in [0.2, 0.25) is 5.95 Å². The topological polar surface area (TPSA) is 87.0 Å². The van der Waals surface area contributed by atoms with Crippen LogP contribution < -0.4 is 10.1 Å². The number of anilines is 2. The maximum absolute atomic E-state index is 5.68. The molecule has 3 rings (SSSR count). The molecule has 8 heteroatoms. The van der Waals surface area contributed by atoms with Gasteiger partial charge in [0.05, 0.1) is 11.9 Å². The SMILES string of the molecule is COCc1nnc(Nc2ccc(OCc3cnccn3)cc2)n1C. The minimum atomic E-state index is 0.379. The molecule has 0 saturated carbocycles. The summed E-state index contributed by atoms with van der Waals surface area (Å²) in [6.45, 7) is 0.796. The number of aromatic nitrogens is 5. The van der Waals surface area contributed by atoms with Gasteiger partial charge in [-0.15, -0.1) is 10.2 Å². The van der Waals surface area contributed by atoms with Gasteiger partial charge in [-0.25, -0.2) is 0 Å². The van der Waals surface area contributed by atoms with Crippen LogP contribution in [0.15, 0.2) is 42.9 Å². The van der Waals surface area contributed by atoms with Crippen molar-refractivity contribution in [1.29, 1.82) is 0 Å². The van der Waals surface area contributed by atoms with E-state index in [9.17, 15) is 0 Å².